The molecule has 1 saturated heterocycles. The van der Waals surface area contributed by atoms with Gasteiger partial charge in [0.25, 0.3) is 0 Å². The summed E-state index contributed by atoms with van der Waals surface area (Å²) in [6, 6.07) is 4.08. The number of nitrogens with one attached hydrogen (secondary N) is 1. The van der Waals surface area contributed by atoms with Crippen LogP contribution in [-0.4, -0.2) is 53.5 Å². The fourth-order valence-electron chi connectivity index (χ4n) is 7.69. The third-order valence-electron chi connectivity index (χ3n) is 9.07. The Morgan fingerprint density at radius 3 is 2.81 bits per heavy atom. The number of quaternary nitrogens is 1. The summed E-state index contributed by atoms with van der Waals surface area (Å²) in [4.78, 5) is 15.6. The van der Waals surface area contributed by atoms with E-state index < -0.39 is 5.60 Å². The summed E-state index contributed by atoms with van der Waals surface area (Å²) in [7, 11) is 3.48. The van der Waals surface area contributed by atoms with Crippen LogP contribution >= 0.6 is 11.6 Å². The summed E-state index contributed by atoms with van der Waals surface area (Å²) in [6.07, 6.45) is 4.77. The molecule has 1 spiro atoms. The van der Waals surface area contributed by atoms with Gasteiger partial charge in [0.05, 0.1) is 30.3 Å². The monoisotopic (exact) mass is 446 g/mol. The van der Waals surface area contributed by atoms with E-state index in [1.807, 2.05) is 25.4 Å². The minimum atomic E-state index is -0.597. The van der Waals surface area contributed by atoms with Crippen molar-refractivity contribution in [1.82, 2.24) is 4.90 Å². The number of nitrogens with zero attached hydrogens (tertiary/aromatic N) is 1. The third-order valence-corrected chi connectivity index (χ3v) is 9.44. The number of ether oxygens (including phenoxy) is 1. The van der Waals surface area contributed by atoms with Crippen molar-refractivity contribution in [2.75, 3.05) is 14.2 Å². The molecule has 31 heavy (non-hydrogen) atoms. The topological polar surface area (TPSA) is 90.2 Å². The SMILES string of the molecule is C[NH2+]c1ccc(OC)c(Cl)c1C(=N)C(C)CC(=O)N1C2CC3(O)CC4(C2)CC1C4(C)C3. The molecule has 1 aromatic carbocycles. The number of fused-ring (bicyclic) bond motifs is 4. The summed E-state index contributed by atoms with van der Waals surface area (Å²) in [5, 5.41) is 22.3. The van der Waals surface area contributed by atoms with E-state index in [4.69, 9.17) is 21.7 Å². The van der Waals surface area contributed by atoms with E-state index in [-0.39, 0.29) is 41.2 Å². The molecule has 0 aromatic heterocycles. The van der Waals surface area contributed by atoms with Crippen LogP contribution in [0, 0.1) is 22.2 Å². The maximum atomic E-state index is 13.5. The molecule has 0 radical (unpaired) electrons. The van der Waals surface area contributed by atoms with Crippen LogP contribution in [0.15, 0.2) is 12.1 Å². The Kier molecular flexibility index (Phi) is 4.58. The summed E-state index contributed by atoms with van der Waals surface area (Å²) in [5.74, 6) is 0.381. The highest BCUT2D eigenvalue weighted by atomic mass is 35.5. The number of carbonyl (C=O) groups excluding carboxylic acids is 1. The van der Waals surface area contributed by atoms with Crippen molar-refractivity contribution in [3.63, 3.8) is 0 Å². The standard InChI is InChI=1S/C24H32ClN3O3/c1-13(21(26)19-15(27-3)5-6-16(31-4)20(19)25)7-18(29)28-14-8-23-10-17(28)22(23,2)11-24(30,9-14)12-23/h5-6,13-14,17,26-27,30H,7-12H2,1-4H3/p+1. The molecular weight excluding hydrogens is 414 g/mol. The third kappa shape index (κ3) is 2.71. The molecule has 1 heterocycles. The number of carbonyl (C=O) groups is 1. The fourth-order valence-corrected chi connectivity index (χ4v) is 8.05. The molecule has 4 fully saturated rings. The lowest BCUT2D eigenvalue weighted by molar-refractivity contribution is -0.539. The first-order chi connectivity index (χ1) is 14.6. The van der Waals surface area contributed by atoms with E-state index in [0.717, 1.165) is 31.4 Å². The summed E-state index contributed by atoms with van der Waals surface area (Å²) in [5.41, 5.74) is 1.57. The number of halogens is 1. The van der Waals surface area contributed by atoms with Crippen LogP contribution < -0.4 is 10.1 Å². The predicted octanol–water partition coefficient (Wildman–Crippen LogP) is 2.86. The fraction of sp³-hybridized carbons (Fsp3) is 0.667. The molecule has 6 nitrogen and oxygen atoms in total. The van der Waals surface area contributed by atoms with Crippen LogP contribution in [-0.2, 0) is 4.79 Å². The van der Waals surface area contributed by atoms with Gasteiger partial charge in [-0.3, -0.25) is 4.79 Å². The van der Waals surface area contributed by atoms with Gasteiger partial charge in [-0.15, -0.1) is 0 Å². The highest BCUT2D eigenvalue weighted by molar-refractivity contribution is 6.36. The van der Waals surface area contributed by atoms with Crippen LogP contribution in [0.4, 0.5) is 5.69 Å². The Bertz CT molecular complexity index is 983. The van der Waals surface area contributed by atoms with Crippen molar-refractivity contribution >= 4 is 28.9 Å². The van der Waals surface area contributed by atoms with Crippen molar-refractivity contribution in [2.24, 2.45) is 16.7 Å². The largest absolute Gasteiger partial charge is 0.495 e. The highest BCUT2D eigenvalue weighted by Gasteiger charge is 2.78. The summed E-state index contributed by atoms with van der Waals surface area (Å²) in [6.45, 7) is 4.21. The number of nitrogens with two attached hydrogens (primary N) is 1. The van der Waals surface area contributed by atoms with Crippen molar-refractivity contribution < 1.29 is 20.0 Å². The number of hydrogen-bond acceptors (Lipinski definition) is 4. The van der Waals surface area contributed by atoms with Crippen molar-refractivity contribution in [3.8, 4) is 5.75 Å². The van der Waals surface area contributed by atoms with Crippen LogP contribution in [0.25, 0.3) is 0 Å². The second-order valence-corrected chi connectivity index (χ2v) is 11.1. The van der Waals surface area contributed by atoms with E-state index in [2.05, 4.69) is 11.8 Å². The first kappa shape index (κ1) is 21.2. The Hall–Kier alpha value is -1.63. The van der Waals surface area contributed by atoms with Gasteiger partial charge in [-0.25, -0.2) is 0 Å². The second-order valence-electron chi connectivity index (χ2n) is 10.7. The zero-order valence-corrected chi connectivity index (χ0v) is 19.6. The highest BCUT2D eigenvalue weighted by Crippen LogP contribution is 2.78. The number of aliphatic hydroxyl groups is 1. The summed E-state index contributed by atoms with van der Waals surface area (Å²) >= 11 is 6.56. The van der Waals surface area contributed by atoms with Crippen molar-refractivity contribution in [2.45, 2.75) is 70.1 Å². The lowest BCUT2D eigenvalue weighted by Gasteiger charge is -2.70. The minimum absolute atomic E-state index is 0.0433. The van der Waals surface area contributed by atoms with Crippen LogP contribution in [0.3, 0.4) is 0 Å². The molecule has 3 saturated carbocycles. The van der Waals surface area contributed by atoms with E-state index in [9.17, 15) is 9.90 Å². The number of hydrogen-bond donors (Lipinski definition) is 3. The number of benzene rings is 1. The molecule has 1 aromatic rings. The first-order valence-electron chi connectivity index (χ1n) is 11.4. The lowest BCUT2D eigenvalue weighted by Crippen LogP contribution is -2.73. The zero-order valence-electron chi connectivity index (χ0n) is 18.8. The van der Waals surface area contributed by atoms with Crippen molar-refractivity contribution in [3.05, 3.63) is 22.7 Å². The molecule has 4 aliphatic rings. The van der Waals surface area contributed by atoms with E-state index in [1.54, 1.807) is 13.2 Å². The number of rotatable bonds is 6. The lowest BCUT2D eigenvalue weighted by atomic mass is 9.43. The second kappa shape index (κ2) is 6.69. The van der Waals surface area contributed by atoms with Gasteiger partial charge >= 0.3 is 0 Å². The molecular formula is C24H33ClN3O3+. The van der Waals surface area contributed by atoms with Crippen molar-refractivity contribution in [1.29, 1.82) is 5.41 Å². The van der Waals surface area contributed by atoms with Crippen LogP contribution in [0.1, 0.15) is 57.9 Å². The summed E-state index contributed by atoms with van der Waals surface area (Å²) < 4.78 is 5.35. The number of likely N-dealkylation sites (tertiary alicyclic amines) is 1. The van der Waals surface area contributed by atoms with Gasteiger partial charge in [0.15, 0.2) is 0 Å². The van der Waals surface area contributed by atoms with Crippen LogP contribution in [0.2, 0.25) is 5.02 Å². The normalized spacial score (nSPS) is 38.1. The molecule has 6 unspecified atom stereocenters. The Balaban J connectivity index is 1.37. The molecule has 1 aliphatic heterocycles. The van der Waals surface area contributed by atoms with E-state index >= 15 is 0 Å². The molecule has 7 heteroatoms. The van der Waals surface area contributed by atoms with Crippen LogP contribution in [0.5, 0.6) is 5.75 Å². The molecule has 4 N–H and O–H groups in total. The zero-order chi connectivity index (χ0) is 22.3. The Morgan fingerprint density at radius 2 is 2.13 bits per heavy atom. The average Bonchev–Trinajstić information content (AvgIpc) is 2.79. The van der Waals surface area contributed by atoms with Gasteiger partial charge in [0.1, 0.15) is 11.4 Å². The average molecular weight is 447 g/mol. The molecule has 168 valence electrons. The maximum absolute atomic E-state index is 13.5. The maximum Gasteiger partial charge on any atom is 0.223 e. The van der Waals surface area contributed by atoms with Gasteiger partial charge in [0, 0.05) is 36.2 Å². The molecule has 5 rings (SSSR count). The molecule has 1 amide bonds. The number of amides is 1. The first-order valence-corrected chi connectivity index (χ1v) is 11.7. The van der Waals surface area contributed by atoms with Gasteiger partial charge in [0.2, 0.25) is 5.91 Å². The van der Waals surface area contributed by atoms with Gasteiger partial charge in [-0.1, -0.05) is 25.4 Å². The van der Waals surface area contributed by atoms with E-state index in [1.165, 1.54) is 0 Å². The minimum Gasteiger partial charge on any atom is -0.495 e. The molecule has 3 aliphatic carbocycles. The predicted molar refractivity (Wildman–Crippen MR) is 119 cm³/mol. The Labute approximate surface area is 188 Å². The van der Waals surface area contributed by atoms with E-state index in [0.29, 0.717) is 28.5 Å². The Morgan fingerprint density at radius 1 is 1.39 bits per heavy atom. The molecule has 6 atom stereocenters. The van der Waals surface area contributed by atoms with Gasteiger partial charge in [-0.05, 0) is 49.0 Å². The molecule has 4 bridgehead atoms. The van der Waals surface area contributed by atoms with Gasteiger partial charge < -0.3 is 25.5 Å². The number of methoxy groups -OCH3 is 1. The smallest absolute Gasteiger partial charge is 0.223 e. The quantitative estimate of drug-likeness (QED) is 0.463. The number of piperidine rings is 2. The van der Waals surface area contributed by atoms with Gasteiger partial charge in [-0.2, -0.15) is 0 Å².